The van der Waals surface area contributed by atoms with Crippen molar-refractivity contribution in [3.05, 3.63) is 63.5 Å². The Bertz CT molecular complexity index is 886. The van der Waals surface area contributed by atoms with Crippen LogP contribution in [-0.2, 0) is 23.9 Å². The number of nitro groups is 1. The second kappa shape index (κ2) is 10.9. The van der Waals surface area contributed by atoms with Crippen molar-refractivity contribution in [2.45, 2.75) is 32.6 Å². The first kappa shape index (κ1) is 23.6. The first-order valence-corrected chi connectivity index (χ1v) is 9.78. The van der Waals surface area contributed by atoms with Gasteiger partial charge in [0, 0.05) is 37.0 Å². The van der Waals surface area contributed by atoms with E-state index in [1.54, 1.807) is 19.9 Å². The van der Waals surface area contributed by atoms with Crippen molar-refractivity contribution in [1.82, 2.24) is 4.90 Å². The fourth-order valence-electron chi connectivity index (χ4n) is 3.26. The SMILES string of the molecule is CCOC(=O)C1=CN(CCCC(=O)O)C=C(C(=O)OCC)C1c1ccccc1[N+](=O)[O-]. The monoisotopic (exact) mass is 432 g/mol. The number of carbonyl (C=O) groups is 3. The number of esters is 2. The predicted octanol–water partition coefficient (Wildman–Crippen LogP) is 2.75. The summed E-state index contributed by atoms with van der Waals surface area (Å²) in [6, 6.07) is 5.83. The largest absolute Gasteiger partial charge is 0.481 e. The molecule has 10 heteroatoms. The first-order chi connectivity index (χ1) is 14.8. The molecule has 0 unspecified atom stereocenters. The number of carboxylic acid groups (broad SMARTS) is 1. The molecule has 0 aliphatic carbocycles. The van der Waals surface area contributed by atoms with Gasteiger partial charge in [-0.25, -0.2) is 9.59 Å². The van der Waals surface area contributed by atoms with E-state index in [-0.39, 0.29) is 55.0 Å². The maximum Gasteiger partial charge on any atom is 0.336 e. The molecule has 0 aromatic heterocycles. The molecule has 0 amide bonds. The van der Waals surface area contributed by atoms with Crippen LogP contribution in [0.5, 0.6) is 0 Å². The zero-order valence-electron chi connectivity index (χ0n) is 17.3. The van der Waals surface area contributed by atoms with E-state index in [0.717, 1.165) is 0 Å². The standard InChI is InChI=1S/C21H24N2O8/c1-3-30-20(26)15-12-22(11-7-10-18(24)25)13-16(21(27)31-4-2)19(15)14-8-5-6-9-17(14)23(28)29/h5-6,8-9,12-13,19H,3-4,7,10-11H2,1-2H3,(H,24,25). The molecule has 0 radical (unpaired) electrons. The number of ether oxygens (including phenoxy) is 2. The molecule has 1 heterocycles. The molecule has 10 nitrogen and oxygen atoms in total. The van der Waals surface area contributed by atoms with Crippen LogP contribution in [0.1, 0.15) is 38.2 Å². The van der Waals surface area contributed by atoms with Crippen LogP contribution in [0.3, 0.4) is 0 Å². The van der Waals surface area contributed by atoms with Gasteiger partial charge in [-0.05, 0) is 20.3 Å². The highest BCUT2D eigenvalue weighted by Crippen LogP contribution is 2.40. The molecule has 1 aliphatic heterocycles. The number of benzene rings is 1. The molecular weight excluding hydrogens is 408 g/mol. The quantitative estimate of drug-likeness (QED) is 0.336. The van der Waals surface area contributed by atoms with Crippen molar-refractivity contribution in [3.8, 4) is 0 Å². The zero-order chi connectivity index (χ0) is 23.0. The summed E-state index contributed by atoms with van der Waals surface area (Å²) in [5, 5.41) is 20.5. The molecule has 1 N–H and O–H groups in total. The third-order valence-corrected chi connectivity index (χ3v) is 4.51. The van der Waals surface area contributed by atoms with E-state index >= 15 is 0 Å². The van der Waals surface area contributed by atoms with Crippen LogP contribution in [-0.4, -0.2) is 52.6 Å². The molecule has 0 spiro atoms. The van der Waals surface area contributed by atoms with Crippen LogP contribution in [0.4, 0.5) is 5.69 Å². The fourth-order valence-corrected chi connectivity index (χ4v) is 3.26. The summed E-state index contributed by atoms with van der Waals surface area (Å²) in [6.45, 7) is 3.58. The van der Waals surface area contributed by atoms with Gasteiger partial charge in [-0.3, -0.25) is 14.9 Å². The normalized spacial score (nSPS) is 13.8. The molecule has 1 aromatic carbocycles. The molecule has 1 aromatic rings. The van der Waals surface area contributed by atoms with Gasteiger partial charge in [-0.2, -0.15) is 0 Å². The maximum atomic E-state index is 12.8. The molecule has 2 rings (SSSR count). The van der Waals surface area contributed by atoms with Gasteiger partial charge in [0.05, 0.1) is 35.2 Å². The lowest BCUT2D eigenvalue weighted by atomic mass is 9.82. The van der Waals surface area contributed by atoms with Crippen LogP contribution in [0, 0.1) is 10.1 Å². The van der Waals surface area contributed by atoms with E-state index in [2.05, 4.69) is 0 Å². The van der Waals surface area contributed by atoms with Crippen LogP contribution in [0.2, 0.25) is 0 Å². The van der Waals surface area contributed by atoms with E-state index in [4.69, 9.17) is 14.6 Å². The lowest BCUT2D eigenvalue weighted by Gasteiger charge is -2.30. The van der Waals surface area contributed by atoms with Crippen LogP contribution < -0.4 is 0 Å². The number of hydrogen-bond acceptors (Lipinski definition) is 8. The summed E-state index contributed by atoms with van der Waals surface area (Å²) < 4.78 is 10.3. The van der Waals surface area contributed by atoms with E-state index < -0.39 is 28.7 Å². The average molecular weight is 432 g/mol. The first-order valence-electron chi connectivity index (χ1n) is 9.78. The van der Waals surface area contributed by atoms with Gasteiger partial charge < -0.3 is 19.5 Å². The van der Waals surface area contributed by atoms with Crippen molar-refractivity contribution < 1.29 is 33.9 Å². The third-order valence-electron chi connectivity index (χ3n) is 4.51. The highest BCUT2D eigenvalue weighted by Gasteiger charge is 2.38. The molecule has 0 saturated heterocycles. The van der Waals surface area contributed by atoms with Gasteiger partial charge in [-0.15, -0.1) is 0 Å². The second-order valence-corrected chi connectivity index (χ2v) is 6.59. The number of carbonyl (C=O) groups excluding carboxylic acids is 2. The number of carboxylic acids is 1. The average Bonchev–Trinajstić information content (AvgIpc) is 2.73. The van der Waals surface area contributed by atoms with E-state index in [1.807, 2.05) is 0 Å². The number of para-hydroxylation sites is 1. The summed E-state index contributed by atoms with van der Waals surface area (Å²) in [5.74, 6) is -3.51. The molecule has 0 fully saturated rings. The smallest absolute Gasteiger partial charge is 0.336 e. The maximum absolute atomic E-state index is 12.8. The van der Waals surface area contributed by atoms with E-state index in [0.29, 0.717) is 0 Å². The lowest BCUT2D eigenvalue weighted by molar-refractivity contribution is -0.385. The van der Waals surface area contributed by atoms with Crippen LogP contribution in [0.25, 0.3) is 0 Å². The number of nitro benzene ring substituents is 1. The summed E-state index contributed by atoms with van der Waals surface area (Å²) in [4.78, 5) is 48.9. The molecule has 0 saturated carbocycles. The minimum absolute atomic E-state index is 0.0250. The second-order valence-electron chi connectivity index (χ2n) is 6.59. The summed E-state index contributed by atoms with van der Waals surface area (Å²) >= 11 is 0. The number of rotatable bonds is 10. The number of hydrogen-bond donors (Lipinski definition) is 1. The fraction of sp³-hybridized carbons (Fsp3) is 0.381. The van der Waals surface area contributed by atoms with Crippen molar-refractivity contribution in [2.24, 2.45) is 0 Å². The van der Waals surface area contributed by atoms with Gasteiger partial charge in [0.15, 0.2) is 0 Å². The Morgan fingerprint density at radius 3 is 2.10 bits per heavy atom. The van der Waals surface area contributed by atoms with Crippen molar-refractivity contribution >= 4 is 23.6 Å². The highest BCUT2D eigenvalue weighted by molar-refractivity contribution is 5.99. The lowest BCUT2D eigenvalue weighted by Crippen LogP contribution is -2.30. The Balaban J connectivity index is 2.60. The van der Waals surface area contributed by atoms with Crippen molar-refractivity contribution in [3.63, 3.8) is 0 Å². The van der Waals surface area contributed by atoms with E-state index in [9.17, 15) is 24.5 Å². The number of aliphatic carboxylic acids is 1. The van der Waals surface area contributed by atoms with Crippen LogP contribution in [0.15, 0.2) is 47.8 Å². The number of nitrogens with zero attached hydrogens (tertiary/aromatic N) is 2. The van der Waals surface area contributed by atoms with Crippen molar-refractivity contribution in [1.29, 1.82) is 0 Å². The van der Waals surface area contributed by atoms with Gasteiger partial charge in [0.2, 0.25) is 0 Å². The Morgan fingerprint density at radius 2 is 1.61 bits per heavy atom. The molecule has 31 heavy (non-hydrogen) atoms. The van der Waals surface area contributed by atoms with Crippen LogP contribution >= 0.6 is 0 Å². The topological polar surface area (TPSA) is 136 Å². The molecule has 0 bridgehead atoms. The van der Waals surface area contributed by atoms with Crippen molar-refractivity contribution in [2.75, 3.05) is 19.8 Å². The Kier molecular flexibility index (Phi) is 8.30. The minimum atomic E-state index is -1.07. The molecular formula is C21H24N2O8. The highest BCUT2D eigenvalue weighted by atomic mass is 16.6. The Hall–Kier alpha value is -3.69. The summed E-state index contributed by atoms with van der Waals surface area (Å²) in [7, 11) is 0. The minimum Gasteiger partial charge on any atom is -0.481 e. The summed E-state index contributed by atoms with van der Waals surface area (Å²) in [5.41, 5.74) is -0.0532. The van der Waals surface area contributed by atoms with Gasteiger partial charge >= 0.3 is 17.9 Å². The zero-order valence-corrected chi connectivity index (χ0v) is 17.3. The summed E-state index contributed by atoms with van der Waals surface area (Å²) in [6.07, 6.45) is 3.02. The Morgan fingerprint density at radius 1 is 1.06 bits per heavy atom. The third kappa shape index (κ3) is 5.91. The molecule has 1 aliphatic rings. The van der Waals surface area contributed by atoms with Gasteiger partial charge in [-0.1, -0.05) is 18.2 Å². The molecule has 0 atom stereocenters. The predicted molar refractivity (Wildman–Crippen MR) is 109 cm³/mol. The molecule has 166 valence electrons. The van der Waals surface area contributed by atoms with E-state index in [1.165, 1.54) is 35.5 Å². The van der Waals surface area contributed by atoms with Gasteiger partial charge in [0.1, 0.15) is 0 Å². The van der Waals surface area contributed by atoms with Gasteiger partial charge in [0.25, 0.3) is 5.69 Å². The Labute approximate surface area is 178 Å².